The molecule has 0 spiro atoms. The lowest BCUT2D eigenvalue weighted by Gasteiger charge is -2.20. The minimum atomic E-state index is -0.890. The first-order valence-corrected chi connectivity index (χ1v) is 11.1. The number of carbonyl (C=O) groups excluding carboxylic acids is 2. The third-order valence-electron chi connectivity index (χ3n) is 5.54. The molecule has 170 valence electrons. The highest BCUT2D eigenvalue weighted by Crippen LogP contribution is 2.20. The van der Waals surface area contributed by atoms with Crippen LogP contribution in [0.1, 0.15) is 27.0 Å². The molecule has 0 aliphatic carbocycles. The van der Waals surface area contributed by atoms with Gasteiger partial charge in [0.2, 0.25) is 5.91 Å². The number of hydrogen-bond acceptors (Lipinski definition) is 2. The Morgan fingerprint density at radius 2 is 1.29 bits per heavy atom. The summed E-state index contributed by atoms with van der Waals surface area (Å²) in [5, 5.41) is 5.70. The van der Waals surface area contributed by atoms with E-state index >= 15 is 0 Å². The summed E-state index contributed by atoms with van der Waals surface area (Å²) >= 11 is 0. The maximum Gasteiger partial charge on any atom is 0.254 e. The molecule has 0 heterocycles. The Balaban J connectivity index is 1.56. The number of benzene rings is 4. The van der Waals surface area contributed by atoms with Crippen molar-refractivity contribution < 1.29 is 14.0 Å². The first kappa shape index (κ1) is 22.9. The normalized spacial score (nSPS) is 11.4. The zero-order valence-corrected chi connectivity index (χ0v) is 18.6. The van der Waals surface area contributed by atoms with E-state index in [1.54, 1.807) is 6.07 Å². The van der Waals surface area contributed by atoms with Crippen LogP contribution in [0, 0.1) is 5.82 Å². The maximum atomic E-state index is 14.2. The largest absolute Gasteiger partial charge is 0.340 e. The van der Waals surface area contributed by atoms with Crippen LogP contribution in [0.15, 0.2) is 109 Å². The third kappa shape index (κ3) is 5.95. The molecule has 0 radical (unpaired) electrons. The van der Waals surface area contributed by atoms with Crippen LogP contribution in [0.2, 0.25) is 0 Å². The Kier molecular flexibility index (Phi) is 7.45. The number of carbonyl (C=O) groups is 2. The number of para-hydroxylation sites is 1. The number of halogens is 1. The monoisotopic (exact) mass is 452 g/mol. The van der Waals surface area contributed by atoms with Gasteiger partial charge in [0.25, 0.3) is 5.91 Å². The Bertz CT molecular complexity index is 1260. The van der Waals surface area contributed by atoms with E-state index in [-0.39, 0.29) is 17.9 Å². The summed E-state index contributed by atoms with van der Waals surface area (Å²) in [6.45, 7) is 0. The van der Waals surface area contributed by atoms with Crippen LogP contribution < -0.4 is 10.6 Å². The fourth-order valence-electron chi connectivity index (χ4n) is 3.77. The minimum absolute atomic E-state index is 0.0992. The molecule has 0 saturated carbocycles. The molecule has 2 amide bonds. The molecule has 4 aromatic rings. The average Bonchev–Trinajstić information content (AvgIpc) is 2.86. The van der Waals surface area contributed by atoms with Gasteiger partial charge in [0.05, 0.1) is 5.56 Å². The molecule has 0 bridgehead atoms. The van der Waals surface area contributed by atoms with Crippen LogP contribution in [0.5, 0.6) is 0 Å². The minimum Gasteiger partial charge on any atom is -0.340 e. The predicted molar refractivity (Wildman–Crippen MR) is 132 cm³/mol. The van der Waals surface area contributed by atoms with Gasteiger partial charge >= 0.3 is 0 Å². The molecule has 0 saturated heterocycles. The average molecular weight is 453 g/mol. The Labute approximate surface area is 198 Å². The fraction of sp³-hybridized carbons (Fsp3) is 0.103. The highest BCUT2D eigenvalue weighted by atomic mass is 19.1. The molecule has 0 aliphatic heterocycles. The Hall–Kier alpha value is -4.25. The van der Waals surface area contributed by atoms with Crippen molar-refractivity contribution in [1.29, 1.82) is 0 Å². The number of amides is 2. The van der Waals surface area contributed by atoms with E-state index in [0.29, 0.717) is 12.1 Å². The first-order chi connectivity index (χ1) is 16.6. The van der Waals surface area contributed by atoms with Crippen LogP contribution in [-0.4, -0.2) is 17.9 Å². The molecule has 0 aromatic heterocycles. The molecule has 0 aliphatic rings. The molecule has 1 atom stereocenters. The fourth-order valence-corrected chi connectivity index (χ4v) is 3.77. The molecule has 2 N–H and O–H groups in total. The summed E-state index contributed by atoms with van der Waals surface area (Å²) in [5.74, 6) is -1.63. The number of nitrogens with one attached hydrogen (secondary N) is 2. The SMILES string of the molecule is O=C(NC(Cc1ccccc1)C(=O)Nc1ccccc1Cc1ccccc1)c1ccccc1F. The van der Waals surface area contributed by atoms with E-state index in [9.17, 15) is 14.0 Å². The molecule has 5 heteroatoms. The second-order valence-corrected chi connectivity index (χ2v) is 8.00. The predicted octanol–water partition coefficient (Wildman–Crippen LogP) is 5.40. The van der Waals surface area contributed by atoms with Gasteiger partial charge in [0.15, 0.2) is 0 Å². The van der Waals surface area contributed by atoms with E-state index in [4.69, 9.17) is 0 Å². The van der Waals surface area contributed by atoms with Crippen LogP contribution >= 0.6 is 0 Å². The van der Waals surface area contributed by atoms with Gasteiger partial charge in [0.1, 0.15) is 11.9 Å². The lowest BCUT2D eigenvalue weighted by Crippen LogP contribution is -2.45. The summed E-state index contributed by atoms with van der Waals surface area (Å²) in [4.78, 5) is 26.2. The van der Waals surface area contributed by atoms with Crippen molar-refractivity contribution in [2.45, 2.75) is 18.9 Å². The van der Waals surface area contributed by atoms with E-state index < -0.39 is 17.8 Å². The first-order valence-electron chi connectivity index (χ1n) is 11.1. The summed E-state index contributed by atoms with van der Waals surface area (Å²) in [5.41, 5.74) is 3.54. The highest BCUT2D eigenvalue weighted by Gasteiger charge is 2.24. The molecule has 4 aromatic carbocycles. The summed E-state index contributed by atoms with van der Waals surface area (Å²) in [6, 6.07) is 31.8. The van der Waals surface area contributed by atoms with E-state index in [1.165, 1.54) is 18.2 Å². The summed E-state index contributed by atoms with van der Waals surface area (Å²) < 4.78 is 14.2. The molecular formula is C29H25FN2O2. The van der Waals surface area contributed by atoms with Crippen molar-refractivity contribution in [2.75, 3.05) is 5.32 Å². The van der Waals surface area contributed by atoms with Crippen molar-refractivity contribution in [3.05, 3.63) is 137 Å². The van der Waals surface area contributed by atoms with Crippen molar-refractivity contribution in [1.82, 2.24) is 5.32 Å². The standard InChI is InChI=1S/C29H25FN2O2/c30-25-17-9-8-16-24(25)28(33)32-27(20-22-13-5-2-6-14-22)29(34)31-26-18-10-7-15-23(26)19-21-11-3-1-4-12-21/h1-18,27H,19-20H2,(H,31,34)(H,32,33). The third-order valence-corrected chi connectivity index (χ3v) is 5.54. The lowest BCUT2D eigenvalue weighted by molar-refractivity contribution is -0.118. The zero-order chi connectivity index (χ0) is 23.8. The van der Waals surface area contributed by atoms with Crippen molar-refractivity contribution in [3.63, 3.8) is 0 Å². The molecular weight excluding hydrogens is 427 g/mol. The van der Waals surface area contributed by atoms with Gasteiger partial charge in [-0.25, -0.2) is 4.39 Å². The number of rotatable bonds is 8. The Morgan fingerprint density at radius 1 is 0.706 bits per heavy atom. The highest BCUT2D eigenvalue weighted by molar-refractivity contribution is 6.01. The number of hydrogen-bond donors (Lipinski definition) is 2. The van der Waals surface area contributed by atoms with Crippen LogP contribution in [0.25, 0.3) is 0 Å². The maximum absolute atomic E-state index is 14.2. The molecule has 1 unspecified atom stereocenters. The van der Waals surface area contributed by atoms with Crippen molar-refractivity contribution in [3.8, 4) is 0 Å². The van der Waals surface area contributed by atoms with Gasteiger partial charge in [-0.05, 0) is 41.3 Å². The van der Waals surface area contributed by atoms with Gasteiger partial charge in [-0.15, -0.1) is 0 Å². The van der Waals surface area contributed by atoms with Crippen LogP contribution in [0.3, 0.4) is 0 Å². The van der Waals surface area contributed by atoms with Gasteiger partial charge in [0, 0.05) is 12.1 Å². The van der Waals surface area contributed by atoms with Crippen molar-refractivity contribution in [2.24, 2.45) is 0 Å². The molecule has 34 heavy (non-hydrogen) atoms. The van der Waals surface area contributed by atoms with E-state index in [2.05, 4.69) is 10.6 Å². The smallest absolute Gasteiger partial charge is 0.254 e. The van der Waals surface area contributed by atoms with E-state index in [0.717, 1.165) is 16.7 Å². The molecule has 0 fully saturated rings. The topological polar surface area (TPSA) is 58.2 Å². The van der Waals surface area contributed by atoms with Gasteiger partial charge in [-0.3, -0.25) is 9.59 Å². The van der Waals surface area contributed by atoms with Crippen molar-refractivity contribution >= 4 is 17.5 Å². The van der Waals surface area contributed by atoms with E-state index in [1.807, 2.05) is 84.9 Å². The lowest BCUT2D eigenvalue weighted by atomic mass is 10.0. The van der Waals surface area contributed by atoms with Gasteiger partial charge in [-0.2, -0.15) is 0 Å². The van der Waals surface area contributed by atoms with Gasteiger partial charge in [-0.1, -0.05) is 91.0 Å². The second kappa shape index (κ2) is 11.1. The summed E-state index contributed by atoms with van der Waals surface area (Å²) in [6.07, 6.45) is 0.927. The zero-order valence-electron chi connectivity index (χ0n) is 18.6. The van der Waals surface area contributed by atoms with Crippen LogP contribution in [-0.2, 0) is 17.6 Å². The van der Waals surface area contributed by atoms with Crippen LogP contribution in [0.4, 0.5) is 10.1 Å². The Morgan fingerprint density at radius 3 is 2.00 bits per heavy atom. The molecule has 4 rings (SSSR count). The molecule has 4 nitrogen and oxygen atoms in total. The summed E-state index contributed by atoms with van der Waals surface area (Å²) in [7, 11) is 0. The second-order valence-electron chi connectivity index (χ2n) is 8.00. The van der Waals surface area contributed by atoms with Gasteiger partial charge < -0.3 is 10.6 Å². The quantitative estimate of drug-likeness (QED) is 0.376. The number of anilines is 1.